The highest BCUT2D eigenvalue weighted by Gasteiger charge is 2.40. The smallest absolute Gasteiger partial charge is 0.251 e. The SMILES string of the molecule is Cc1nc2c(OCc3c(Cl)ccc(S(=O)(=O)N4CCC[C@H]4C(=O)NCCCNC(=O)c4ccc(C=NN)cc4)c3Cl)cccn2c1Br. The molecule has 12 nitrogen and oxygen atoms in total. The lowest BCUT2D eigenvalue weighted by Gasteiger charge is -2.24. The van der Waals surface area contributed by atoms with Gasteiger partial charge in [-0.2, -0.15) is 9.41 Å². The van der Waals surface area contributed by atoms with Crippen LogP contribution in [0, 0.1) is 6.92 Å². The van der Waals surface area contributed by atoms with Gasteiger partial charge in [0.2, 0.25) is 15.9 Å². The number of nitrogens with two attached hydrogens (primary N) is 1. The second-order valence-corrected chi connectivity index (χ2v) is 14.2. The first-order valence-electron chi connectivity index (χ1n) is 14.7. The number of hydrogen-bond donors (Lipinski definition) is 3. The Bertz CT molecular complexity index is 1940. The van der Waals surface area contributed by atoms with Crippen molar-refractivity contribution in [2.45, 2.75) is 43.7 Å². The molecule has 1 fully saturated rings. The molecule has 248 valence electrons. The minimum Gasteiger partial charge on any atom is -0.485 e. The summed E-state index contributed by atoms with van der Waals surface area (Å²) in [7, 11) is -4.18. The largest absolute Gasteiger partial charge is 0.485 e. The molecule has 2 amide bonds. The zero-order valence-electron chi connectivity index (χ0n) is 25.3. The summed E-state index contributed by atoms with van der Waals surface area (Å²) in [6.07, 6.45) is 4.63. The summed E-state index contributed by atoms with van der Waals surface area (Å²) in [4.78, 5) is 29.9. The van der Waals surface area contributed by atoms with Crippen molar-refractivity contribution in [3.8, 4) is 5.75 Å². The van der Waals surface area contributed by atoms with Gasteiger partial charge in [0.1, 0.15) is 22.1 Å². The van der Waals surface area contributed by atoms with Crippen molar-refractivity contribution in [2.24, 2.45) is 10.9 Å². The summed E-state index contributed by atoms with van der Waals surface area (Å²) in [5, 5.41) is 9.21. The fourth-order valence-electron chi connectivity index (χ4n) is 5.24. The highest BCUT2D eigenvalue weighted by atomic mass is 79.9. The molecule has 0 unspecified atom stereocenters. The Kier molecular flexibility index (Phi) is 11.1. The number of aromatic nitrogens is 2. The molecule has 0 aliphatic carbocycles. The van der Waals surface area contributed by atoms with Crippen molar-refractivity contribution >= 4 is 72.8 Å². The maximum absolute atomic E-state index is 13.9. The Labute approximate surface area is 290 Å². The molecule has 4 aromatic rings. The quantitative estimate of drug-likeness (QED) is 0.0818. The number of halogens is 3. The maximum Gasteiger partial charge on any atom is 0.251 e. The van der Waals surface area contributed by atoms with Gasteiger partial charge in [0.15, 0.2) is 11.4 Å². The van der Waals surface area contributed by atoms with E-state index in [2.05, 4.69) is 36.6 Å². The van der Waals surface area contributed by atoms with E-state index < -0.39 is 22.0 Å². The molecule has 0 spiro atoms. The molecule has 1 atom stereocenters. The van der Waals surface area contributed by atoms with Crippen LogP contribution in [0.25, 0.3) is 5.65 Å². The second-order valence-electron chi connectivity index (χ2n) is 10.8. The molecule has 1 aliphatic heterocycles. The Balaban J connectivity index is 1.20. The summed E-state index contributed by atoms with van der Waals surface area (Å²) >= 11 is 16.6. The van der Waals surface area contributed by atoms with Crippen molar-refractivity contribution in [1.29, 1.82) is 0 Å². The van der Waals surface area contributed by atoms with E-state index in [0.717, 1.165) is 15.9 Å². The highest BCUT2D eigenvalue weighted by Crippen LogP contribution is 2.36. The van der Waals surface area contributed by atoms with E-state index in [1.165, 1.54) is 22.7 Å². The summed E-state index contributed by atoms with van der Waals surface area (Å²) in [5.41, 5.74) is 2.89. The topological polar surface area (TPSA) is 160 Å². The molecule has 1 saturated heterocycles. The number of carbonyl (C=O) groups is 2. The van der Waals surface area contributed by atoms with Gasteiger partial charge >= 0.3 is 0 Å². The van der Waals surface area contributed by atoms with E-state index in [9.17, 15) is 18.0 Å². The number of imidazole rings is 1. The number of sulfonamides is 1. The molecule has 4 N–H and O–H groups in total. The Morgan fingerprint density at radius 3 is 2.64 bits per heavy atom. The molecule has 1 aliphatic rings. The van der Waals surface area contributed by atoms with Crippen molar-refractivity contribution in [3.05, 3.63) is 91.8 Å². The predicted octanol–water partition coefficient (Wildman–Crippen LogP) is 4.67. The first-order valence-corrected chi connectivity index (χ1v) is 17.7. The number of amides is 2. The number of hydrazone groups is 1. The molecular weight excluding hydrogens is 733 g/mol. The van der Waals surface area contributed by atoms with Crippen LogP contribution < -0.4 is 21.2 Å². The van der Waals surface area contributed by atoms with Gasteiger partial charge < -0.3 is 21.2 Å². The van der Waals surface area contributed by atoms with Crippen molar-refractivity contribution in [2.75, 3.05) is 19.6 Å². The van der Waals surface area contributed by atoms with Gasteiger partial charge in [-0.15, -0.1) is 0 Å². The lowest BCUT2D eigenvalue weighted by molar-refractivity contribution is -0.124. The van der Waals surface area contributed by atoms with Gasteiger partial charge in [-0.25, -0.2) is 13.4 Å². The van der Waals surface area contributed by atoms with Gasteiger partial charge in [-0.05, 0) is 84.1 Å². The number of pyridine rings is 1. The van der Waals surface area contributed by atoms with Crippen LogP contribution in [0.3, 0.4) is 0 Å². The average Bonchev–Trinajstić information content (AvgIpc) is 3.67. The molecule has 0 radical (unpaired) electrons. The lowest BCUT2D eigenvalue weighted by Crippen LogP contribution is -2.46. The third kappa shape index (κ3) is 7.57. The van der Waals surface area contributed by atoms with Crippen LogP contribution >= 0.6 is 39.1 Å². The number of benzene rings is 2. The summed E-state index contributed by atoms with van der Waals surface area (Å²) in [6.45, 7) is 2.47. The van der Waals surface area contributed by atoms with Crippen molar-refractivity contribution in [1.82, 2.24) is 24.3 Å². The third-order valence-corrected chi connectivity index (χ3v) is 11.5. The number of carbonyl (C=O) groups excluding carboxylic acids is 2. The standard InChI is InChI=1S/C31H32BrCl2N7O5S/c1-19-28(32)40-15-3-6-25(29(40)39-19)46-18-22-23(33)11-12-26(27(22)34)47(44,45)41-16-2-5-24(41)31(43)37-14-4-13-36-30(42)21-9-7-20(8-10-21)17-38-35/h3,6-12,15,17,24H,2,4-5,13-14,16,18,35H2,1H3,(H,36,42)(H,37,43)/t24-/m0/s1. The number of nitrogens with one attached hydrogen (secondary N) is 2. The second kappa shape index (κ2) is 15.0. The van der Waals surface area contributed by atoms with E-state index in [4.69, 9.17) is 33.8 Å². The maximum atomic E-state index is 13.9. The minimum absolute atomic E-state index is 0.0749. The summed E-state index contributed by atoms with van der Waals surface area (Å²) in [5.74, 6) is 4.93. The van der Waals surface area contributed by atoms with E-state index in [0.29, 0.717) is 48.3 Å². The van der Waals surface area contributed by atoms with E-state index >= 15 is 0 Å². The van der Waals surface area contributed by atoms with Crippen molar-refractivity contribution < 1.29 is 22.7 Å². The van der Waals surface area contributed by atoms with E-state index in [1.54, 1.807) is 36.4 Å². The fraction of sp³-hybridized carbons (Fsp3) is 0.290. The Hall–Kier alpha value is -3.69. The normalized spacial score (nSPS) is 15.4. The summed E-state index contributed by atoms with van der Waals surface area (Å²) in [6, 6.07) is 12.2. The van der Waals surface area contributed by atoms with Gasteiger partial charge in [0, 0.05) is 42.0 Å². The number of nitrogens with zero attached hydrogens (tertiary/aromatic N) is 4. The first kappa shape index (κ1) is 34.6. The molecule has 2 aromatic carbocycles. The molecule has 5 rings (SSSR count). The van der Waals surface area contributed by atoms with E-state index in [-0.39, 0.29) is 40.5 Å². The number of ether oxygens (including phenoxy) is 1. The number of rotatable bonds is 12. The molecule has 47 heavy (non-hydrogen) atoms. The molecule has 3 heterocycles. The number of aryl methyl sites for hydroxylation is 1. The van der Waals surface area contributed by atoms with Crippen LogP contribution in [0.4, 0.5) is 0 Å². The Morgan fingerprint density at radius 2 is 1.89 bits per heavy atom. The Morgan fingerprint density at radius 1 is 1.15 bits per heavy atom. The third-order valence-electron chi connectivity index (χ3n) is 7.67. The number of fused-ring (bicyclic) bond motifs is 1. The monoisotopic (exact) mass is 763 g/mol. The highest BCUT2D eigenvalue weighted by molar-refractivity contribution is 9.10. The minimum atomic E-state index is -4.18. The van der Waals surface area contributed by atoms with Crippen LogP contribution in [0.15, 0.2) is 69.3 Å². The number of hydrogen-bond acceptors (Lipinski definition) is 8. The average molecular weight is 766 g/mol. The summed E-state index contributed by atoms with van der Waals surface area (Å²) < 4.78 is 37.5. The molecule has 2 aromatic heterocycles. The van der Waals surface area contributed by atoms with Crippen LogP contribution in [0.2, 0.25) is 10.0 Å². The van der Waals surface area contributed by atoms with Gasteiger partial charge in [-0.1, -0.05) is 35.3 Å². The zero-order chi connectivity index (χ0) is 33.7. The predicted molar refractivity (Wildman–Crippen MR) is 184 cm³/mol. The first-order chi connectivity index (χ1) is 22.5. The van der Waals surface area contributed by atoms with E-state index in [1.807, 2.05) is 17.5 Å². The molecule has 0 saturated carbocycles. The molecule has 0 bridgehead atoms. The van der Waals surface area contributed by atoms with Gasteiger partial charge in [0.25, 0.3) is 5.91 Å². The zero-order valence-corrected chi connectivity index (χ0v) is 29.2. The van der Waals surface area contributed by atoms with Crippen molar-refractivity contribution in [3.63, 3.8) is 0 Å². The molecular formula is C31H32BrCl2N7O5S. The van der Waals surface area contributed by atoms with Crippen LogP contribution in [0.1, 0.15) is 46.4 Å². The lowest BCUT2D eigenvalue weighted by atomic mass is 10.1. The van der Waals surface area contributed by atoms with Crippen LogP contribution in [-0.4, -0.2) is 65.8 Å². The molecule has 16 heteroatoms. The van der Waals surface area contributed by atoms with Crippen LogP contribution in [-0.2, 0) is 21.4 Å². The van der Waals surface area contributed by atoms with Crippen LogP contribution in [0.5, 0.6) is 5.75 Å². The fourth-order valence-corrected chi connectivity index (χ4v) is 8.14. The van der Waals surface area contributed by atoms with Gasteiger partial charge in [-0.3, -0.25) is 14.0 Å². The van der Waals surface area contributed by atoms with Gasteiger partial charge in [0.05, 0.1) is 16.9 Å².